The number of carbonyl (C=O) groups is 4. The van der Waals surface area contributed by atoms with Crippen molar-refractivity contribution < 1.29 is 146 Å². The van der Waals surface area contributed by atoms with Gasteiger partial charge in [-0.25, -0.2) is 16.8 Å². The van der Waals surface area contributed by atoms with Crippen molar-refractivity contribution in [2.24, 2.45) is 0 Å². The topological polar surface area (TPSA) is 264 Å². The molecule has 2 aromatic rings. The van der Waals surface area contributed by atoms with Gasteiger partial charge in [-0.15, -0.1) is 0 Å². The number of hydrogen-bond acceptors (Lipinski definition) is 14. The van der Waals surface area contributed by atoms with E-state index >= 15 is 0 Å². The molecule has 6 rings (SSSR count). The summed E-state index contributed by atoms with van der Waals surface area (Å²) in [6, 6.07) is 11.2. The van der Waals surface area contributed by atoms with E-state index in [4.69, 9.17) is 0 Å². The first-order valence-corrected chi connectivity index (χ1v) is 15.2. The molecule has 46 heavy (non-hydrogen) atoms. The first-order chi connectivity index (χ1) is 20.4. The van der Waals surface area contributed by atoms with Gasteiger partial charge in [-0.05, 0) is 12.2 Å². The van der Waals surface area contributed by atoms with Crippen molar-refractivity contribution in [3.8, 4) is 0 Å². The van der Waals surface area contributed by atoms with Crippen molar-refractivity contribution in [3.05, 3.63) is 117 Å². The van der Waals surface area contributed by atoms with Crippen LogP contribution in [-0.4, -0.2) is 79.4 Å². The monoisotopic (exact) mass is 704 g/mol. The molecule has 2 unspecified atom stereocenters. The van der Waals surface area contributed by atoms with Gasteiger partial charge < -0.3 is 29.5 Å². The largest absolute Gasteiger partial charge is 1.00 e. The van der Waals surface area contributed by atoms with Gasteiger partial charge in [-0.2, -0.15) is 0 Å². The van der Waals surface area contributed by atoms with E-state index in [0.717, 1.165) is 12.2 Å². The molecule has 0 bridgehead atoms. The van der Waals surface area contributed by atoms with Gasteiger partial charge in [0.05, 0.1) is 22.3 Å². The van der Waals surface area contributed by atoms with Crippen LogP contribution in [0.15, 0.2) is 94.5 Å². The average molecular weight is 705 g/mol. The summed E-state index contributed by atoms with van der Waals surface area (Å²) in [5.41, 5.74) is -3.35. The smallest absolute Gasteiger partial charge is 0.745 e. The Kier molecular flexibility index (Phi) is 11.0. The Labute approximate surface area is 325 Å². The number of benzene rings is 2. The van der Waals surface area contributed by atoms with Crippen molar-refractivity contribution in [2.75, 3.05) is 0 Å². The molecular weight excluding hydrogens is 687 g/mol. The van der Waals surface area contributed by atoms with Crippen molar-refractivity contribution in [3.63, 3.8) is 0 Å². The number of allylic oxidation sites excluding steroid dienone is 2. The summed E-state index contributed by atoms with van der Waals surface area (Å²) < 4.78 is 68.5. The molecule has 2 atom stereocenters. The second-order valence-electron chi connectivity index (χ2n) is 9.97. The van der Waals surface area contributed by atoms with E-state index in [1.54, 1.807) is 0 Å². The third-order valence-electron chi connectivity index (χ3n) is 7.51. The van der Waals surface area contributed by atoms with Gasteiger partial charge in [0, 0.05) is 35.1 Å². The summed E-state index contributed by atoms with van der Waals surface area (Å²) in [6.07, 6.45) is 0.0795. The van der Waals surface area contributed by atoms with Crippen LogP contribution in [0.3, 0.4) is 0 Å². The van der Waals surface area contributed by atoms with Crippen LogP contribution in [0.5, 0.6) is 0 Å². The molecule has 0 saturated carbocycles. The summed E-state index contributed by atoms with van der Waals surface area (Å²) in [5, 5.41) is 40.2. The maximum absolute atomic E-state index is 12.5. The Bertz CT molecular complexity index is 1950. The Morgan fingerprint density at radius 1 is 0.565 bits per heavy atom. The first-order valence-electron chi connectivity index (χ1n) is 12.4. The molecule has 0 amide bonds. The zero-order valence-corrected chi connectivity index (χ0v) is 30.6. The van der Waals surface area contributed by atoms with Gasteiger partial charge in [0.15, 0.2) is 33.0 Å². The molecule has 0 saturated heterocycles. The Hall–Kier alpha value is -1.94. The predicted octanol–water partition coefficient (Wildman–Crippen LogP) is -5.11. The standard InChI is InChI=1S/2C14H10O7S.K.Na/c2*15-9-5-6-14(18,22(19,20)21)11-10(9)12(16)7-3-1-2-4-8(7)13(11)17;;/h2*1-5,15,18H,6H2,(H,19,20,21);;/q;;2*+1/p-2. The average Bonchev–Trinajstić information content (AvgIpc) is 2.96. The Morgan fingerprint density at radius 2 is 0.826 bits per heavy atom. The number of fused-ring (bicyclic) bond motifs is 2. The SMILES string of the molecule is O=C1C2=C(C(=O)c3ccccc31)C(O)(S(=O)(=O)[O-])CC=C2O.O=C1C2=C(C(=O)c3ccccc31)C(O)(S(=O)(=O)[O-])CC=C2O.[K+].[Na+]. The Morgan fingerprint density at radius 3 is 1.09 bits per heavy atom. The van der Waals surface area contributed by atoms with Gasteiger partial charge in [0.1, 0.15) is 31.8 Å². The second-order valence-corrected chi connectivity index (χ2v) is 13.1. The van der Waals surface area contributed by atoms with Crippen molar-refractivity contribution >= 4 is 43.4 Å². The number of hydrogen-bond donors (Lipinski definition) is 4. The van der Waals surface area contributed by atoms with Crippen molar-refractivity contribution in [1.82, 2.24) is 0 Å². The molecule has 4 N–H and O–H groups in total. The molecule has 0 aliphatic heterocycles. The summed E-state index contributed by atoms with van der Waals surface area (Å²) in [5.74, 6) is -4.83. The minimum absolute atomic E-state index is 0. The van der Waals surface area contributed by atoms with Gasteiger partial charge in [-0.1, -0.05) is 48.5 Å². The van der Waals surface area contributed by atoms with E-state index in [-0.39, 0.29) is 103 Å². The maximum atomic E-state index is 12.5. The maximum Gasteiger partial charge on any atom is 1.00 e. The fraction of sp³-hybridized carbons (Fsp3) is 0.143. The first kappa shape index (κ1) is 38.5. The van der Waals surface area contributed by atoms with E-state index in [9.17, 15) is 65.5 Å². The number of aliphatic hydroxyl groups is 4. The van der Waals surface area contributed by atoms with Crippen LogP contribution in [0.2, 0.25) is 0 Å². The van der Waals surface area contributed by atoms with Gasteiger partial charge in [0.2, 0.25) is 0 Å². The van der Waals surface area contributed by atoms with Gasteiger partial charge >= 0.3 is 80.9 Å². The van der Waals surface area contributed by atoms with Crippen molar-refractivity contribution in [1.29, 1.82) is 0 Å². The molecule has 0 spiro atoms. The summed E-state index contributed by atoms with van der Waals surface area (Å²) in [6.45, 7) is 0. The summed E-state index contributed by atoms with van der Waals surface area (Å²) in [4.78, 5) is 43.6. The molecule has 0 aromatic heterocycles. The third kappa shape index (κ3) is 5.85. The van der Waals surface area contributed by atoms with E-state index in [2.05, 4.69) is 0 Å². The van der Waals surface area contributed by atoms with Crippen LogP contribution in [0.4, 0.5) is 0 Å². The molecule has 14 nitrogen and oxygen atoms in total. The van der Waals surface area contributed by atoms with Crippen LogP contribution in [0, 0.1) is 0 Å². The third-order valence-corrected chi connectivity index (χ3v) is 9.90. The van der Waals surface area contributed by atoms with Crippen LogP contribution in [0.1, 0.15) is 54.3 Å². The zero-order chi connectivity index (χ0) is 32.6. The number of rotatable bonds is 2. The fourth-order valence-electron chi connectivity index (χ4n) is 5.32. The quantitative estimate of drug-likeness (QED) is 0.168. The predicted molar refractivity (Wildman–Crippen MR) is 144 cm³/mol. The van der Waals surface area contributed by atoms with Gasteiger partial charge in [-0.3, -0.25) is 19.2 Å². The fourth-order valence-corrected chi connectivity index (χ4v) is 6.78. The van der Waals surface area contributed by atoms with Crippen LogP contribution in [-0.2, 0) is 20.2 Å². The molecule has 0 fully saturated rings. The molecule has 228 valence electrons. The normalized spacial score (nSPS) is 23.7. The van der Waals surface area contributed by atoms with Crippen LogP contribution >= 0.6 is 0 Å². The second kappa shape index (κ2) is 13.2. The molecule has 4 aliphatic rings. The van der Waals surface area contributed by atoms with Crippen LogP contribution in [0.25, 0.3) is 0 Å². The molecule has 0 heterocycles. The minimum atomic E-state index is -5.36. The number of Topliss-reactive ketones (excluding diaryl/α,β-unsaturated/α-hetero) is 4. The molecule has 2 aromatic carbocycles. The molecule has 0 radical (unpaired) electrons. The van der Waals surface area contributed by atoms with E-state index in [1.165, 1.54) is 48.5 Å². The van der Waals surface area contributed by atoms with Crippen LogP contribution < -0.4 is 80.9 Å². The molecule has 4 aliphatic carbocycles. The number of ketones is 4. The summed E-state index contributed by atoms with van der Waals surface area (Å²) >= 11 is 0. The summed E-state index contributed by atoms with van der Waals surface area (Å²) in [7, 11) is -10.7. The van der Waals surface area contributed by atoms with E-state index in [1.807, 2.05) is 0 Å². The molecular formula is C28H18KNaO14S2. The Balaban J connectivity index is 0.000000240. The van der Waals surface area contributed by atoms with E-state index in [0.29, 0.717) is 0 Å². The zero-order valence-electron chi connectivity index (χ0n) is 23.9. The molecule has 18 heteroatoms. The van der Waals surface area contributed by atoms with E-state index < -0.39 is 99.9 Å². The number of aliphatic hydroxyl groups excluding tert-OH is 2. The number of carbonyl (C=O) groups excluding carboxylic acids is 4. The van der Waals surface area contributed by atoms with Crippen molar-refractivity contribution in [2.45, 2.75) is 22.7 Å². The van der Waals surface area contributed by atoms with Gasteiger partial charge in [0.25, 0.3) is 0 Å². The minimum Gasteiger partial charge on any atom is -0.745 e.